The molecule has 0 saturated carbocycles. The van der Waals surface area contributed by atoms with Crippen molar-refractivity contribution in [3.8, 4) is 0 Å². The highest BCUT2D eigenvalue weighted by Gasteiger charge is 2.19. The third kappa shape index (κ3) is 2.50. The molecule has 0 aliphatic rings. The Hall–Kier alpha value is -1.74. The van der Waals surface area contributed by atoms with Gasteiger partial charge in [0, 0.05) is 6.92 Å². The zero-order chi connectivity index (χ0) is 12.5. The third-order valence-electron chi connectivity index (χ3n) is 2.06. The summed E-state index contributed by atoms with van der Waals surface area (Å²) in [5.41, 5.74) is 0.474. The summed E-state index contributed by atoms with van der Waals surface area (Å²) in [6, 6.07) is 0. The first-order chi connectivity index (χ1) is 7.99. The lowest BCUT2D eigenvalue weighted by molar-refractivity contribution is 0.387. The first kappa shape index (κ1) is 11.7. The van der Waals surface area contributed by atoms with Crippen molar-refractivity contribution in [3.05, 3.63) is 23.6 Å². The van der Waals surface area contributed by atoms with Crippen molar-refractivity contribution in [1.29, 1.82) is 0 Å². The maximum atomic E-state index is 11.8. The van der Waals surface area contributed by atoms with Gasteiger partial charge in [0.25, 0.3) is 0 Å². The van der Waals surface area contributed by atoms with Crippen LogP contribution in [0.2, 0.25) is 0 Å². The van der Waals surface area contributed by atoms with Crippen LogP contribution in [0.25, 0.3) is 0 Å². The Morgan fingerprint density at radius 3 is 2.76 bits per heavy atom. The fourth-order valence-electron chi connectivity index (χ4n) is 1.26. The Morgan fingerprint density at radius 2 is 2.24 bits per heavy atom. The molecule has 17 heavy (non-hydrogen) atoms. The SMILES string of the molecule is Cc1nc(CNS(=O)(=O)c2cn[nH]c2C)no1. The van der Waals surface area contributed by atoms with E-state index in [9.17, 15) is 8.42 Å². The average Bonchev–Trinajstić information content (AvgIpc) is 2.85. The van der Waals surface area contributed by atoms with E-state index in [0.717, 1.165) is 0 Å². The Bertz CT molecular complexity index is 615. The maximum absolute atomic E-state index is 11.8. The molecule has 0 aromatic carbocycles. The highest BCUT2D eigenvalue weighted by atomic mass is 32.2. The Labute approximate surface area is 97.5 Å². The molecule has 2 aromatic heterocycles. The second-order valence-electron chi connectivity index (χ2n) is 3.41. The summed E-state index contributed by atoms with van der Waals surface area (Å²) >= 11 is 0. The fraction of sp³-hybridized carbons (Fsp3) is 0.375. The molecule has 0 amide bonds. The molecule has 9 heteroatoms. The predicted molar refractivity (Wildman–Crippen MR) is 56.4 cm³/mol. The Morgan fingerprint density at radius 1 is 1.47 bits per heavy atom. The molecule has 0 atom stereocenters. The van der Waals surface area contributed by atoms with Gasteiger partial charge >= 0.3 is 0 Å². The lowest BCUT2D eigenvalue weighted by Gasteiger charge is -2.02. The summed E-state index contributed by atoms with van der Waals surface area (Å²) in [5, 5.41) is 9.80. The van der Waals surface area contributed by atoms with Gasteiger partial charge in [-0.15, -0.1) is 0 Å². The smallest absolute Gasteiger partial charge is 0.244 e. The quantitative estimate of drug-likeness (QED) is 0.789. The molecule has 2 N–H and O–H groups in total. The van der Waals surface area contributed by atoms with Crippen LogP contribution in [0.4, 0.5) is 0 Å². The van der Waals surface area contributed by atoms with Crippen LogP contribution in [0.15, 0.2) is 15.6 Å². The molecule has 0 aliphatic carbocycles. The van der Waals surface area contributed by atoms with Crippen LogP contribution in [0, 0.1) is 13.8 Å². The number of hydrogen-bond donors (Lipinski definition) is 2. The Kier molecular flexibility index (Phi) is 2.94. The van der Waals surface area contributed by atoms with Crippen molar-refractivity contribution in [1.82, 2.24) is 25.1 Å². The largest absolute Gasteiger partial charge is 0.340 e. The van der Waals surface area contributed by atoms with Crippen LogP contribution in [-0.2, 0) is 16.6 Å². The number of aromatic amines is 1. The molecule has 0 spiro atoms. The van der Waals surface area contributed by atoms with E-state index in [2.05, 4.69) is 25.1 Å². The molecular formula is C8H11N5O3S. The average molecular weight is 257 g/mol. The van der Waals surface area contributed by atoms with Gasteiger partial charge in [0.15, 0.2) is 5.82 Å². The topological polar surface area (TPSA) is 114 Å². The number of sulfonamides is 1. The van der Waals surface area contributed by atoms with E-state index < -0.39 is 10.0 Å². The van der Waals surface area contributed by atoms with Crippen molar-refractivity contribution in [2.45, 2.75) is 25.3 Å². The molecule has 2 rings (SSSR count). The van der Waals surface area contributed by atoms with Crippen molar-refractivity contribution in [2.24, 2.45) is 0 Å². The molecule has 0 bridgehead atoms. The molecule has 0 saturated heterocycles. The summed E-state index contributed by atoms with van der Waals surface area (Å²) in [6.07, 6.45) is 1.25. The molecular weight excluding hydrogens is 246 g/mol. The fourth-order valence-corrected chi connectivity index (χ4v) is 2.38. The minimum Gasteiger partial charge on any atom is -0.340 e. The second-order valence-corrected chi connectivity index (χ2v) is 5.15. The standard InChI is InChI=1S/C8H11N5O3S/c1-5-7(3-9-12-5)17(14,15)10-4-8-11-6(2)16-13-8/h3,10H,4H2,1-2H3,(H,9,12). The van der Waals surface area contributed by atoms with Crippen molar-refractivity contribution in [2.75, 3.05) is 0 Å². The van der Waals surface area contributed by atoms with E-state index in [1.807, 2.05) is 0 Å². The van der Waals surface area contributed by atoms with Gasteiger partial charge < -0.3 is 4.52 Å². The summed E-state index contributed by atoms with van der Waals surface area (Å²) in [6.45, 7) is 3.23. The lowest BCUT2D eigenvalue weighted by atomic mass is 10.5. The number of rotatable bonds is 4. The number of nitrogens with one attached hydrogen (secondary N) is 2. The summed E-state index contributed by atoms with van der Waals surface area (Å²) in [4.78, 5) is 4.00. The summed E-state index contributed by atoms with van der Waals surface area (Å²) < 4.78 is 30.8. The summed E-state index contributed by atoms with van der Waals surface area (Å²) in [7, 11) is -3.60. The molecule has 2 aromatic rings. The van der Waals surface area contributed by atoms with Gasteiger partial charge in [-0.05, 0) is 6.92 Å². The Balaban J connectivity index is 2.11. The number of aromatic nitrogens is 4. The number of hydrogen-bond acceptors (Lipinski definition) is 6. The monoisotopic (exact) mass is 257 g/mol. The van der Waals surface area contributed by atoms with E-state index in [0.29, 0.717) is 11.6 Å². The summed E-state index contributed by atoms with van der Waals surface area (Å²) in [5.74, 6) is 0.672. The van der Waals surface area contributed by atoms with Gasteiger partial charge in [-0.3, -0.25) is 5.10 Å². The maximum Gasteiger partial charge on any atom is 0.244 e. The van der Waals surface area contributed by atoms with Gasteiger partial charge in [0.1, 0.15) is 4.90 Å². The minimum absolute atomic E-state index is 0.0235. The van der Waals surface area contributed by atoms with Gasteiger partial charge in [-0.1, -0.05) is 5.16 Å². The van der Waals surface area contributed by atoms with E-state index in [1.54, 1.807) is 13.8 Å². The molecule has 0 unspecified atom stereocenters. The van der Waals surface area contributed by atoms with E-state index >= 15 is 0 Å². The molecule has 0 aliphatic heterocycles. The van der Waals surface area contributed by atoms with Crippen LogP contribution in [-0.4, -0.2) is 28.8 Å². The normalized spacial score (nSPS) is 11.9. The highest BCUT2D eigenvalue weighted by Crippen LogP contribution is 2.10. The van der Waals surface area contributed by atoms with Gasteiger partial charge in [0.2, 0.25) is 15.9 Å². The lowest BCUT2D eigenvalue weighted by Crippen LogP contribution is -2.24. The van der Waals surface area contributed by atoms with Gasteiger partial charge in [0.05, 0.1) is 18.4 Å². The second kappa shape index (κ2) is 4.26. The van der Waals surface area contributed by atoms with Crippen LogP contribution < -0.4 is 4.72 Å². The van der Waals surface area contributed by atoms with Crippen LogP contribution in [0.5, 0.6) is 0 Å². The number of nitrogens with zero attached hydrogens (tertiary/aromatic N) is 3. The van der Waals surface area contributed by atoms with Gasteiger partial charge in [-0.25, -0.2) is 13.1 Å². The van der Waals surface area contributed by atoms with Crippen LogP contribution in [0.3, 0.4) is 0 Å². The zero-order valence-electron chi connectivity index (χ0n) is 9.26. The van der Waals surface area contributed by atoms with E-state index in [1.165, 1.54) is 6.20 Å². The van der Waals surface area contributed by atoms with Crippen molar-refractivity contribution >= 4 is 10.0 Å². The third-order valence-corrected chi connectivity index (χ3v) is 3.58. The van der Waals surface area contributed by atoms with Crippen LogP contribution in [0.1, 0.15) is 17.4 Å². The molecule has 92 valence electrons. The van der Waals surface area contributed by atoms with Crippen molar-refractivity contribution < 1.29 is 12.9 Å². The van der Waals surface area contributed by atoms with E-state index in [-0.39, 0.29) is 17.3 Å². The highest BCUT2D eigenvalue weighted by molar-refractivity contribution is 7.89. The van der Waals surface area contributed by atoms with Gasteiger partial charge in [-0.2, -0.15) is 10.1 Å². The number of aryl methyl sites for hydroxylation is 2. The zero-order valence-corrected chi connectivity index (χ0v) is 10.1. The molecule has 2 heterocycles. The molecule has 0 fully saturated rings. The first-order valence-corrected chi connectivity index (χ1v) is 6.26. The number of H-pyrrole nitrogens is 1. The van der Waals surface area contributed by atoms with Crippen LogP contribution >= 0.6 is 0 Å². The molecule has 0 radical (unpaired) electrons. The van der Waals surface area contributed by atoms with Crippen molar-refractivity contribution in [3.63, 3.8) is 0 Å². The van der Waals surface area contributed by atoms with E-state index in [4.69, 9.17) is 4.52 Å². The molecule has 8 nitrogen and oxygen atoms in total. The first-order valence-electron chi connectivity index (χ1n) is 4.78. The predicted octanol–water partition coefficient (Wildman–Crippen LogP) is -0.112. The minimum atomic E-state index is -3.60.